The van der Waals surface area contributed by atoms with Gasteiger partial charge >= 0.3 is 6.09 Å². The highest BCUT2D eigenvalue weighted by Gasteiger charge is 2.23. The van der Waals surface area contributed by atoms with Crippen molar-refractivity contribution in [3.8, 4) is 22.6 Å². The number of anilines is 2. The molecular weight excluding hydrogens is 458 g/mol. The van der Waals surface area contributed by atoms with Gasteiger partial charge in [0.25, 0.3) is 0 Å². The average Bonchev–Trinajstić information content (AvgIpc) is 3.17. The first-order chi connectivity index (χ1) is 15.8. The molecule has 0 fully saturated rings. The highest BCUT2D eigenvalue weighted by molar-refractivity contribution is 7.92. The standard InChI is InChI=1S/C22H29N7O4S/c1-13(25-21(30)31)12-24-20-23-10-9-16(26-20)18-17(27-19(28-18)22(2,3)4)14-7-6-8-15(11-14)29-34(5,32)33/h6-11,13,25,29H,12H2,1-5H3,(H,27,28)(H,30,31)(H,23,24,26). The molecule has 34 heavy (non-hydrogen) atoms. The van der Waals surface area contributed by atoms with Crippen LogP contribution in [0.1, 0.15) is 33.5 Å². The van der Waals surface area contributed by atoms with E-state index in [0.717, 1.165) is 12.1 Å². The number of aromatic amines is 1. The lowest BCUT2D eigenvalue weighted by Crippen LogP contribution is -2.36. The van der Waals surface area contributed by atoms with Crippen LogP contribution in [0, 0.1) is 0 Å². The fraction of sp³-hybridized carbons (Fsp3) is 0.364. The zero-order valence-corrected chi connectivity index (χ0v) is 20.5. The maximum atomic E-state index is 11.7. The summed E-state index contributed by atoms with van der Waals surface area (Å²) in [6.45, 7) is 8.13. The van der Waals surface area contributed by atoms with Crippen molar-refractivity contribution < 1.29 is 18.3 Å². The van der Waals surface area contributed by atoms with Gasteiger partial charge in [0, 0.05) is 35.4 Å². The van der Waals surface area contributed by atoms with Gasteiger partial charge in [0.1, 0.15) is 5.82 Å². The quantitative estimate of drug-likeness (QED) is 0.323. The molecule has 0 aliphatic heterocycles. The van der Waals surface area contributed by atoms with Crippen LogP contribution < -0.4 is 15.4 Å². The van der Waals surface area contributed by atoms with Gasteiger partial charge in [0.05, 0.1) is 23.3 Å². The summed E-state index contributed by atoms with van der Waals surface area (Å²) in [7, 11) is -3.43. The second-order valence-corrected chi connectivity index (χ2v) is 10.8. The van der Waals surface area contributed by atoms with Gasteiger partial charge in [-0.25, -0.2) is 28.2 Å². The fourth-order valence-electron chi connectivity index (χ4n) is 3.16. The fourth-order valence-corrected chi connectivity index (χ4v) is 3.71. The molecule has 0 saturated heterocycles. The summed E-state index contributed by atoms with van der Waals surface area (Å²) in [6.07, 6.45) is 1.59. The number of nitrogens with one attached hydrogen (secondary N) is 4. The average molecular weight is 488 g/mol. The van der Waals surface area contributed by atoms with Crippen LogP contribution in [-0.4, -0.2) is 58.4 Å². The summed E-state index contributed by atoms with van der Waals surface area (Å²) in [5.41, 5.74) is 2.72. The smallest absolute Gasteiger partial charge is 0.404 e. The van der Waals surface area contributed by atoms with Crippen LogP contribution in [-0.2, 0) is 15.4 Å². The third-order valence-electron chi connectivity index (χ3n) is 4.70. The first-order valence-electron chi connectivity index (χ1n) is 10.6. The molecule has 0 saturated carbocycles. The monoisotopic (exact) mass is 487 g/mol. The van der Waals surface area contributed by atoms with Gasteiger partial charge in [0.2, 0.25) is 16.0 Å². The molecule has 3 aromatic rings. The number of imidazole rings is 1. The summed E-state index contributed by atoms with van der Waals surface area (Å²) in [5.74, 6) is 1.08. The van der Waals surface area contributed by atoms with Crippen molar-refractivity contribution in [2.24, 2.45) is 0 Å². The Morgan fingerprint density at radius 2 is 1.94 bits per heavy atom. The Balaban J connectivity index is 2.00. The molecule has 2 aromatic heterocycles. The molecule has 182 valence electrons. The summed E-state index contributed by atoms with van der Waals surface area (Å²) in [4.78, 5) is 27.8. The van der Waals surface area contributed by atoms with Crippen LogP contribution in [0.15, 0.2) is 36.5 Å². The Morgan fingerprint density at radius 1 is 1.21 bits per heavy atom. The van der Waals surface area contributed by atoms with Gasteiger partial charge in [-0.05, 0) is 25.1 Å². The molecule has 5 N–H and O–H groups in total. The molecule has 0 aliphatic carbocycles. The number of nitrogens with zero attached hydrogens (tertiary/aromatic N) is 3. The second-order valence-electron chi connectivity index (χ2n) is 9.01. The second kappa shape index (κ2) is 9.67. The van der Waals surface area contributed by atoms with Gasteiger partial charge in [-0.2, -0.15) is 0 Å². The van der Waals surface area contributed by atoms with Crippen LogP contribution >= 0.6 is 0 Å². The highest BCUT2D eigenvalue weighted by atomic mass is 32.2. The number of rotatable bonds is 8. The van der Waals surface area contributed by atoms with Crippen molar-refractivity contribution in [1.82, 2.24) is 25.3 Å². The summed E-state index contributed by atoms with van der Waals surface area (Å²) < 4.78 is 25.9. The normalized spacial score (nSPS) is 12.7. The SMILES string of the molecule is CC(CNc1nccc(-c2[nH]c(C(C)(C)C)nc2-c2cccc(NS(C)(=O)=O)c2)n1)NC(=O)O. The van der Waals surface area contributed by atoms with E-state index in [-0.39, 0.29) is 11.5 Å². The van der Waals surface area contributed by atoms with E-state index in [4.69, 9.17) is 10.1 Å². The summed E-state index contributed by atoms with van der Waals surface area (Å²) in [5, 5.41) is 14.2. The van der Waals surface area contributed by atoms with Gasteiger partial charge < -0.3 is 20.7 Å². The number of sulfonamides is 1. The number of carbonyl (C=O) groups is 1. The van der Waals surface area contributed by atoms with E-state index in [0.29, 0.717) is 40.8 Å². The molecule has 1 amide bonds. The molecule has 11 nitrogen and oxygen atoms in total. The lowest BCUT2D eigenvalue weighted by Gasteiger charge is -2.14. The predicted molar refractivity (Wildman–Crippen MR) is 131 cm³/mol. The zero-order valence-electron chi connectivity index (χ0n) is 19.7. The number of benzene rings is 1. The van der Waals surface area contributed by atoms with Gasteiger partial charge in [0.15, 0.2) is 0 Å². The molecule has 1 unspecified atom stereocenters. The van der Waals surface area contributed by atoms with Crippen molar-refractivity contribution in [2.45, 2.75) is 39.2 Å². The molecule has 0 aliphatic rings. The van der Waals surface area contributed by atoms with E-state index in [1.54, 1.807) is 37.4 Å². The topological polar surface area (TPSA) is 162 Å². The zero-order chi connectivity index (χ0) is 25.1. The number of H-pyrrole nitrogens is 1. The summed E-state index contributed by atoms with van der Waals surface area (Å²) in [6, 6.07) is 8.38. The maximum Gasteiger partial charge on any atom is 0.404 e. The van der Waals surface area contributed by atoms with Crippen molar-refractivity contribution >= 4 is 27.8 Å². The number of amides is 1. The minimum atomic E-state index is -3.43. The highest BCUT2D eigenvalue weighted by Crippen LogP contribution is 2.34. The number of aromatic nitrogens is 4. The van der Waals surface area contributed by atoms with Crippen molar-refractivity contribution in [1.29, 1.82) is 0 Å². The van der Waals surface area contributed by atoms with Crippen molar-refractivity contribution in [2.75, 3.05) is 22.8 Å². The predicted octanol–water partition coefficient (Wildman–Crippen LogP) is 3.27. The van der Waals surface area contributed by atoms with Crippen molar-refractivity contribution in [3.05, 3.63) is 42.4 Å². The van der Waals surface area contributed by atoms with E-state index in [2.05, 4.69) is 30.3 Å². The maximum absolute atomic E-state index is 11.7. The van der Waals surface area contributed by atoms with Crippen LogP contribution in [0.5, 0.6) is 0 Å². The Kier molecular flexibility index (Phi) is 7.10. The van der Waals surface area contributed by atoms with Crippen LogP contribution in [0.3, 0.4) is 0 Å². The lowest BCUT2D eigenvalue weighted by atomic mass is 9.96. The third kappa shape index (κ3) is 6.67. The molecule has 0 bridgehead atoms. The van der Waals surface area contributed by atoms with E-state index >= 15 is 0 Å². The Hall–Kier alpha value is -3.67. The van der Waals surface area contributed by atoms with Gasteiger partial charge in [-0.1, -0.05) is 32.9 Å². The number of hydrogen-bond donors (Lipinski definition) is 5. The Labute approximate surface area is 198 Å². The molecule has 3 rings (SSSR count). The van der Waals surface area contributed by atoms with Gasteiger partial charge in [-0.3, -0.25) is 4.72 Å². The summed E-state index contributed by atoms with van der Waals surface area (Å²) >= 11 is 0. The Bertz CT molecular complexity index is 1280. The number of hydrogen-bond acceptors (Lipinski definition) is 7. The van der Waals surface area contributed by atoms with Crippen LogP contribution in [0.4, 0.5) is 16.4 Å². The first kappa shape index (κ1) is 25.0. The van der Waals surface area contributed by atoms with E-state index < -0.39 is 16.1 Å². The molecular formula is C22H29N7O4S. The minimum absolute atomic E-state index is 0.276. The van der Waals surface area contributed by atoms with Crippen molar-refractivity contribution in [3.63, 3.8) is 0 Å². The first-order valence-corrected chi connectivity index (χ1v) is 12.5. The molecule has 1 aromatic carbocycles. The molecule has 0 spiro atoms. The minimum Gasteiger partial charge on any atom is -0.465 e. The third-order valence-corrected chi connectivity index (χ3v) is 5.31. The van der Waals surface area contributed by atoms with E-state index in [1.165, 1.54) is 0 Å². The molecule has 1 atom stereocenters. The van der Waals surface area contributed by atoms with Crippen LogP contribution in [0.25, 0.3) is 22.6 Å². The Morgan fingerprint density at radius 3 is 2.59 bits per heavy atom. The lowest BCUT2D eigenvalue weighted by molar-refractivity contribution is 0.191. The van der Waals surface area contributed by atoms with E-state index in [1.807, 2.05) is 26.8 Å². The molecule has 0 radical (unpaired) electrons. The molecule has 12 heteroatoms. The van der Waals surface area contributed by atoms with E-state index in [9.17, 15) is 13.2 Å². The van der Waals surface area contributed by atoms with Gasteiger partial charge in [-0.15, -0.1) is 0 Å². The molecule has 2 heterocycles. The number of carboxylic acid groups (broad SMARTS) is 1. The largest absolute Gasteiger partial charge is 0.465 e. The van der Waals surface area contributed by atoms with Crippen LogP contribution in [0.2, 0.25) is 0 Å².